The van der Waals surface area contributed by atoms with Gasteiger partial charge in [-0.2, -0.15) is 0 Å². The monoisotopic (exact) mass is 168 g/mol. The van der Waals surface area contributed by atoms with E-state index < -0.39 is 0 Å². The van der Waals surface area contributed by atoms with Gasteiger partial charge in [0.15, 0.2) is 0 Å². The molecule has 0 saturated carbocycles. The van der Waals surface area contributed by atoms with Crippen molar-refractivity contribution in [1.82, 2.24) is 0 Å². The molecule has 1 aromatic carbocycles. The van der Waals surface area contributed by atoms with Gasteiger partial charge in [-0.05, 0) is 12.1 Å². The molecule has 1 rings (SSSR count). The molecule has 0 spiro atoms. The first-order chi connectivity index (χ1) is 5.36. The van der Waals surface area contributed by atoms with Crippen molar-refractivity contribution in [3.63, 3.8) is 0 Å². The highest BCUT2D eigenvalue weighted by atomic mass is 32.2. The van der Waals surface area contributed by atoms with E-state index in [1.807, 2.05) is 12.1 Å². The van der Waals surface area contributed by atoms with Gasteiger partial charge in [-0.15, -0.1) is 0 Å². The zero-order valence-corrected chi connectivity index (χ0v) is 6.93. The highest BCUT2D eigenvalue weighted by Crippen LogP contribution is 2.17. The molecule has 0 amide bonds. The van der Waals surface area contributed by atoms with Crippen LogP contribution in [0.25, 0.3) is 0 Å². The topological polar surface area (TPSA) is 26.3 Å². The van der Waals surface area contributed by atoms with Crippen molar-refractivity contribution in [1.29, 1.82) is 0 Å². The first-order valence-corrected chi connectivity index (χ1v) is 3.87. The molecular formula is C8H8O2S. The normalized spacial score (nSPS) is 9.55. The van der Waals surface area contributed by atoms with Crippen LogP contribution in [0.5, 0.6) is 0 Å². The summed E-state index contributed by atoms with van der Waals surface area (Å²) in [6.45, 7) is 0. The number of benzene rings is 1. The maximum absolute atomic E-state index is 10.2. The first-order valence-electron chi connectivity index (χ1n) is 3.12. The van der Waals surface area contributed by atoms with Crippen LogP contribution in [-0.2, 0) is 4.18 Å². The fourth-order valence-corrected chi connectivity index (χ4v) is 1.14. The predicted octanol–water partition coefficient (Wildman–Crippen LogP) is 2.15. The number of carbonyl (C=O) groups is 1. The van der Waals surface area contributed by atoms with Gasteiger partial charge in [-0.3, -0.25) is 4.79 Å². The number of carbonyl (C=O) groups excluding carboxylic acids is 1. The summed E-state index contributed by atoms with van der Waals surface area (Å²) in [6, 6.07) is 7.21. The Kier molecular flexibility index (Phi) is 3.14. The van der Waals surface area contributed by atoms with Crippen LogP contribution >= 0.6 is 12.0 Å². The molecule has 0 radical (unpaired) electrons. The summed E-state index contributed by atoms with van der Waals surface area (Å²) in [5, 5.41) is 0. The van der Waals surface area contributed by atoms with Gasteiger partial charge in [0.1, 0.15) is 6.29 Å². The molecule has 0 unspecified atom stereocenters. The summed E-state index contributed by atoms with van der Waals surface area (Å²) in [7, 11) is 1.61. The molecule has 11 heavy (non-hydrogen) atoms. The molecule has 0 aliphatic rings. The third-order valence-corrected chi connectivity index (χ3v) is 1.83. The summed E-state index contributed by atoms with van der Waals surface area (Å²) in [5.41, 5.74) is 0.686. The Hall–Kier alpha value is -0.800. The Balaban J connectivity index is 2.74. The van der Waals surface area contributed by atoms with Gasteiger partial charge in [0.05, 0.1) is 7.11 Å². The molecule has 0 aromatic heterocycles. The quantitative estimate of drug-likeness (QED) is 0.511. The van der Waals surface area contributed by atoms with Crippen LogP contribution in [0.4, 0.5) is 0 Å². The summed E-state index contributed by atoms with van der Waals surface area (Å²) in [5.74, 6) is 0. The van der Waals surface area contributed by atoms with Crippen LogP contribution in [0, 0.1) is 0 Å². The van der Waals surface area contributed by atoms with Crippen molar-refractivity contribution in [2.24, 2.45) is 0 Å². The molecule has 2 nitrogen and oxygen atoms in total. The minimum absolute atomic E-state index is 0.686. The molecule has 58 valence electrons. The number of hydrogen-bond donors (Lipinski definition) is 0. The van der Waals surface area contributed by atoms with E-state index in [9.17, 15) is 4.79 Å². The van der Waals surface area contributed by atoms with Crippen molar-refractivity contribution in [2.75, 3.05) is 7.11 Å². The third kappa shape index (κ3) is 2.37. The second-order valence-electron chi connectivity index (χ2n) is 1.94. The average Bonchev–Trinajstić information content (AvgIpc) is 2.07. The summed E-state index contributed by atoms with van der Waals surface area (Å²) < 4.78 is 4.83. The number of rotatable bonds is 3. The van der Waals surface area contributed by atoms with Gasteiger partial charge < -0.3 is 4.18 Å². The second kappa shape index (κ2) is 4.16. The van der Waals surface area contributed by atoms with Crippen molar-refractivity contribution in [2.45, 2.75) is 4.90 Å². The van der Waals surface area contributed by atoms with Crippen LogP contribution in [0.1, 0.15) is 10.4 Å². The summed E-state index contributed by atoms with van der Waals surface area (Å²) >= 11 is 1.28. The van der Waals surface area contributed by atoms with Gasteiger partial charge in [0.2, 0.25) is 0 Å². The van der Waals surface area contributed by atoms with E-state index in [2.05, 4.69) is 0 Å². The minimum atomic E-state index is 0.686. The van der Waals surface area contributed by atoms with Crippen molar-refractivity contribution in [3.8, 4) is 0 Å². The Morgan fingerprint density at radius 1 is 1.36 bits per heavy atom. The molecule has 0 atom stereocenters. The average molecular weight is 168 g/mol. The van der Waals surface area contributed by atoms with E-state index in [-0.39, 0.29) is 0 Å². The smallest absolute Gasteiger partial charge is 0.150 e. The fourth-order valence-electron chi connectivity index (χ4n) is 0.698. The highest BCUT2D eigenvalue weighted by molar-refractivity contribution is 7.94. The van der Waals surface area contributed by atoms with E-state index in [1.165, 1.54) is 12.0 Å². The van der Waals surface area contributed by atoms with Crippen LogP contribution in [0.2, 0.25) is 0 Å². The van der Waals surface area contributed by atoms with Crippen LogP contribution < -0.4 is 0 Å². The molecule has 0 N–H and O–H groups in total. The van der Waals surface area contributed by atoms with E-state index in [0.717, 1.165) is 11.2 Å². The summed E-state index contributed by atoms with van der Waals surface area (Å²) in [6.07, 6.45) is 0.821. The molecule has 0 fully saturated rings. The summed E-state index contributed by atoms with van der Waals surface area (Å²) in [4.78, 5) is 11.2. The van der Waals surface area contributed by atoms with Gasteiger partial charge in [0.25, 0.3) is 0 Å². The zero-order chi connectivity index (χ0) is 8.10. The van der Waals surface area contributed by atoms with E-state index in [1.54, 1.807) is 19.2 Å². The number of hydrogen-bond acceptors (Lipinski definition) is 3. The van der Waals surface area contributed by atoms with Crippen LogP contribution in [0.3, 0.4) is 0 Å². The third-order valence-electron chi connectivity index (χ3n) is 1.20. The Morgan fingerprint density at radius 2 is 2.00 bits per heavy atom. The lowest BCUT2D eigenvalue weighted by Crippen LogP contribution is -1.78. The first kappa shape index (κ1) is 8.30. The molecule has 0 aliphatic carbocycles. The highest BCUT2D eigenvalue weighted by Gasteiger charge is 1.92. The SMILES string of the molecule is COSc1ccc(C=O)cc1. The van der Waals surface area contributed by atoms with E-state index in [4.69, 9.17) is 4.18 Å². The lowest BCUT2D eigenvalue weighted by molar-refractivity contribution is 0.112. The molecule has 0 heterocycles. The van der Waals surface area contributed by atoms with Crippen LogP contribution in [-0.4, -0.2) is 13.4 Å². The maximum atomic E-state index is 10.2. The molecule has 0 bridgehead atoms. The molecule has 0 aliphatic heterocycles. The van der Waals surface area contributed by atoms with E-state index in [0.29, 0.717) is 5.56 Å². The van der Waals surface area contributed by atoms with Crippen molar-refractivity contribution < 1.29 is 8.98 Å². The number of aldehydes is 1. The van der Waals surface area contributed by atoms with Crippen molar-refractivity contribution in [3.05, 3.63) is 29.8 Å². The Labute approximate surface area is 69.8 Å². The molecule has 0 saturated heterocycles. The van der Waals surface area contributed by atoms with Crippen LogP contribution in [0.15, 0.2) is 29.2 Å². The van der Waals surface area contributed by atoms with Gasteiger partial charge in [-0.25, -0.2) is 0 Å². The van der Waals surface area contributed by atoms with Gasteiger partial charge >= 0.3 is 0 Å². The molecular weight excluding hydrogens is 160 g/mol. The molecule has 3 heteroatoms. The lowest BCUT2D eigenvalue weighted by Gasteiger charge is -1.96. The van der Waals surface area contributed by atoms with Gasteiger partial charge in [0, 0.05) is 22.5 Å². The Bertz CT molecular complexity index is 230. The fraction of sp³-hybridized carbons (Fsp3) is 0.125. The second-order valence-corrected chi connectivity index (χ2v) is 2.91. The van der Waals surface area contributed by atoms with Crippen molar-refractivity contribution >= 4 is 18.3 Å². The minimum Gasteiger partial charge on any atom is -0.314 e. The largest absolute Gasteiger partial charge is 0.314 e. The Morgan fingerprint density at radius 3 is 2.45 bits per heavy atom. The predicted molar refractivity (Wildman–Crippen MR) is 44.7 cm³/mol. The van der Waals surface area contributed by atoms with Gasteiger partial charge in [-0.1, -0.05) is 12.1 Å². The standard InChI is InChI=1S/C8H8O2S/c1-10-11-8-4-2-7(6-9)3-5-8/h2-6H,1H3. The lowest BCUT2D eigenvalue weighted by atomic mass is 10.2. The van der Waals surface area contributed by atoms with E-state index >= 15 is 0 Å². The zero-order valence-electron chi connectivity index (χ0n) is 6.11. The maximum Gasteiger partial charge on any atom is 0.150 e. The molecule has 1 aromatic rings.